The molecule has 0 heterocycles. The number of hydrogen-bond acceptors (Lipinski definition) is 4. The summed E-state index contributed by atoms with van der Waals surface area (Å²) in [6.45, 7) is 0.469. The van der Waals surface area contributed by atoms with Crippen LogP contribution in [0.25, 0.3) is 0 Å². The van der Waals surface area contributed by atoms with Crippen LogP contribution in [0, 0.1) is 17.8 Å². The summed E-state index contributed by atoms with van der Waals surface area (Å²) in [7, 11) is -4.03. The van der Waals surface area contributed by atoms with E-state index in [-0.39, 0.29) is 16.5 Å². The van der Waals surface area contributed by atoms with Crippen molar-refractivity contribution in [2.24, 2.45) is 17.8 Å². The van der Waals surface area contributed by atoms with E-state index in [1.807, 2.05) is 0 Å². The van der Waals surface area contributed by atoms with Crippen LogP contribution in [0.1, 0.15) is 79.2 Å². The van der Waals surface area contributed by atoms with E-state index in [1.165, 1.54) is 42.5 Å². The number of fused-ring (bicyclic) bond motifs is 2. The SMILES string of the molecule is O=C(NCCc1ccc(S(=O)(=O)NC(=O)Nc2c3c(cc4c2CCC4)CCC3)cc1)NC12CC3CC(CC(C3)C1)C2. The summed E-state index contributed by atoms with van der Waals surface area (Å²) < 4.78 is 28.2. The van der Waals surface area contributed by atoms with Crippen LogP contribution in [-0.4, -0.2) is 32.6 Å². The molecule has 0 radical (unpaired) electrons. The first-order valence-corrected chi connectivity index (χ1v) is 16.9. The van der Waals surface area contributed by atoms with Gasteiger partial charge in [0.25, 0.3) is 10.0 Å². The second-order valence-electron chi connectivity index (χ2n) is 13.3. The van der Waals surface area contributed by atoms with Crippen molar-refractivity contribution in [3.8, 4) is 0 Å². The lowest BCUT2D eigenvalue weighted by Gasteiger charge is -2.56. The monoisotopic (exact) mass is 576 g/mol. The number of benzene rings is 2. The van der Waals surface area contributed by atoms with Crippen molar-refractivity contribution in [1.82, 2.24) is 15.4 Å². The van der Waals surface area contributed by atoms with Gasteiger partial charge in [0, 0.05) is 17.8 Å². The molecule has 218 valence electrons. The van der Waals surface area contributed by atoms with Crippen LogP contribution in [0.2, 0.25) is 0 Å². The molecule has 4 fully saturated rings. The van der Waals surface area contributed by atoms with Gasteiger partial charge in [-0.1, -0.05) is 18.2 Å². The van der Waals surface area contributed by atoms with Gasteiger partial charge in [0.2, 0.25) is 0 Å². The third-order valence-electron chi connectivity index (χ3n) is 10.3. The molecule has 9 heteroatoms. The van der Waals surface area contributed by atoms with Crippen molar-refractivity contribution in [2.45, 2.75) is 93.9 Å². The van der Waals surface area contributed by atoms with Crippen LogP contribution < -0.4 is 20.7 Å². The van der Waals surface area contributed by atoms with Gasteiger partial charge in [-0.2, -0.15) is 0 Å². The summed E-state index contributed by atoms with van der Waals surface area (Å²) in [6.07, 6.45) is 13.9. The first-order valence-electron chi connectivity index (χ1n) is 15.4. The zero-order valence-corrected chi connectivity index (χ0v) is 24.4. The molecule has 0 unspecified atom stereocenters. The molecule has 4 N–H and O–H groups in total. The molecule has 41 heavy (non-hydrogen) atoms. The Labute approximate surface area is 242 Å². The molecule has 0 aliphatic heterocycles. The molecule has 2 aromatic carbocycles. The maximum absolute atomic E-state index is 13.0. The van der Waals surface area contributed by atoms with Crippen LogP contribution in [0.3, 0.4) is 0 Å². The molecular formula is C32H40N4O4S. The van der Waals surface area contributed by atoms with Crippen molar-refractivity contribution in [3.63, 3.8) is 0 Å². The van der Waals surface area contributed by atoms with Crippen LogP contribution in [-0.2, 0) is 42.1 Å². The highest BCUT2D eigenvalue weighted by atomic mass is 32.2. The molecule has 6 aliphatic carbocycles. The predicted molar refractivity (Wildman–Crippen MR) is 157 cm³/mol. The van der Waals surface area contributed by atoms with Gasteiger partial charge >= 0.3 is 12.1 Å². The molecular weight excluding hydrogens is 536 g/mol. The maximum Gasteiger partial charge on any atom is 0.333 e. The second kappa shape index (κ2) is 10.3. The lowest BCUT2D eigenvalue weighted by Crippen LogP contribution is -2.61. The van der Waals surface area contributed by atoms with Gasteiger partial charge in [0.1, 0.15) is 0 Å². The lowest BCUT2D eigenvalue weighted by atomic mass is 9.53. The average molecular weight is 577 g/mol. The molecule has 2 aromatic rings. The number of anilines is 1. The molecule has 6 aliphatic rings. The summed E-state index contributed by atoms with van der Waals surface area (Å²) in [5.41, 5.74) is 6.58. The predicted octanol–water partition coefficient (Wildman–Crippen LogP) is 4.98. The minimum absolute atomic E-state index is 0.0191. The number of rotatable bonds is 7. The van der Waals surface area contributed by atoms with Crippen LogP contribution in [0.5, 0.6) is 0 Å². The van der Waals surface area contributed by atoms with Gasteiger partial charge in [-0.3, -0.25) is 0 Å². The number of nitrogens with one attached hydrogen (secondary N) is 4. The first-order chi connectivity index (χ1) is 19.8. The molecule has 8 rings (SSSR count). The fourth-order valence-electron chi connectivity index (χ4n) is 8.99. The van der Waals surface area contributed by atoms with Crippen molar-refractivity contribution in [2.75, 3.05) is 11.9 Å². The van der Waals surface area contributed by atoms with Gasteiger partial charge in [0.05, 0.1) is 4.90 Å². The Morgan fingerprint density at radius 2 is 1.39 bits per heavy atom. The van der Waals surface area contributed by atoms with E-state index in [9.17, 15) is 18.0 Å². The number of urea groups is 2. The minimum atomic E-state index is -4.03. The highest BCUT2D eigenvalue weighted by molar-refractivity contribution is 7.90. The number of sulfonamides is 1. The van der Waals surface area contributed by atoms with Crippen molar-refractivity contribution < 1.29 is 18.0 Å². The second-order valence-corrected chi connectivity index (χ2v) is 14.9. The fourth-order valence-corrected chi connectivity index (χ4v) is 9.90. The molecule has 4 saturated carbocycles. The maximum atomic E-state index is 13.0. The number of aryl methyl sites for hydroxylation is 2. The number of hydrogen-bond donors (Lipinski definition) is 4. The van der Waals surface area contributed by atoms with Crippen molar-refractivity contribution in [3.05, 3.63) is 58.1 Å². The smallest absolute Gasteiger partial charge is 0.333 e. The molecule has 0 aromatic heterocycles. The number of carbonyl (C=O) groups excluding carboxylic acids is 2. The summed E-state index contributed by atoms with van der Waals surface area (Å²) in [5, 5.41) is 9.22. The Morgan fingerprint density at radius 1 is 0.805 bits per heavy atom. The summed E-state index contributed by atoms with van der Waals surface area (Å²) in [5.74, 6) is 2.32. The van der Waals surface area contributed by atoms with Gasteiger partial charge < -0.3 is 16.0 Å². The topological polar surface area (TPSA) is 116 Å². The Morgan fingerprint density at radius 3 is 1.98 bits per heavy atom. The fraction of sp³-hybridized carbons (Fsp3) is 0.562. The van der Waals surface area contributed by atoms with E-state index in [0.29, 0.717) is 13.0 Å². The number of carbonyl (C=O) groups is 2. The normalized spacial score (nSPS) is 27.3. The molecule has 0 spiro atoms. The van der Waals surface area contributed by atoms with Gasteiger partial charge in [-0.05, 0) is 141 Å². The van der Waals surface area contributed by atoms with Crippen LogP contribution in [0.15, 0.2) is 35.2 Å². The molecule has 0 atom stereocenters. The van der Waals surface area contributed by atoms with E-state index in [0.717, 1.165) is 97.9 Å². The molecule has 8 nitrogen and oxygen atoms in total. The quantitative estimate of drug-likeness (QED) is 0.372. The van der Waals surface area contributed by atoms with E-state index < -0.39 is 16.1 Å². The molecule has 4 bridgehead atoms. The third-order valence-corrected chi connectivity index (χ3v) is 11.6. The Hall–Kier alpha value is -3.07. The van der Waals surface area contributed by atoms with Gasteiger partial charge in [0.15, 0.2) is 0 Å². The summed E-state index contributed by atoms with van der Waals surface area (Å²) in [4.78, 5) is 25.6. The Balaban J connectivity index is 0.921. The van der Waals surface area contributed by atoms with E-state index in [1.54, 1.807) is 12.1 Å². The summed E-state index contributed by atoms with van der Waals surface area (Å²) in [6, 6.07) is 7.95. The highest BCUT2D eigenvalue weighted by Gasteiger charge is 2.51. The van der Waals surface area contributed by atoms with Crippen LogP contribution >= 0.6 is 0 Å². The lowest BCUT2D eigenvalue weighted by molar-refractivity contribution is -0.0135. The third kappa shape index (κ3) is 5.33. The first kappa shape index (κ1) is 26.8. The number of amides is 4. The van der Waals surface area contributed by atoms with Crippen molar-refractivity contribution >= 4 is 27.8 Å². The highest BCUT2D eigenvalue weighted by Crippen LogP contribution is 2.55. The van der Waals surface area contributed by atoms with Crippen molar-refractivity contribution in [1.29, 1.82) is 0 Å². The summed E-state index contributed by atoms with van der Waals surface area (Å²) >= 11 is 0. The van der Waals surface area contributed by atoms with Crippen LogP contribution in [0.4, 0.5) is 15.3 Å². The van der Waals surface area contributed by atoms with E-state index >= 15 is 0 Å². The zero-order chi connectivity index (χ0) is 28.2. The Bertz CT molecular complexity index is 1420. The molecule has 4 amide bonds. The van der Waals surface area contributed by atoms with E-state index in [4.69, 9.17) is 0 Å². The largest absolute Gasteiger partial charge is 0.338 e. The Kier molecular flexibility index (Phi) is 6.75. The van der Waals surface area contributed by atoms with E-state index in [2.05, 4.69) is 26.7 Å². The molecule has 0 saturated heterocycles. The standard InChI is InChI=1S/C32H40N4O4S/c37-30(35-32-17-21-13-22(18-32)15-23(14-21)19-32)33-12-11-20-7-9-26(10-8-20)41(39,40)36-31(38)34-29-27-5-1-3-24(27)16-25-4-2-6-28(25)29/h7-10,16,21-23H,1-6,11-15,17-19H2,(H2,33,35,37)(H2,34,36,38). The average Bonchev–Trinajstić information content (AvgIpc) is 3.57. The minimum Gasteiger partial charge on any atom is -0.338 e. The van der Waals surface area contributed by atoms with Gasteiger partial charge in [-0.15, -0.1) is 0 Å². The zero-order valence-electron chi connectivity index (χ0n) is 23.6. The van der Waals surface area contributed by atoms with Gasteiger partial charge in [-0.25, -0.2) is 22.7 Å².